The van der Waals surface area contributed by atoms with Gasteiger partial charge in [0, 0.05) is 8.07 Å². The predicted octanol–water partition coefficient (Wildman–Crippen LogP) is 3.22. The monoisotopic (exact) mass is 174 g/mol. The fourth-order valence-corrected chi connectivity index (χ4v) is 5.84. The molecule has 1 aliphatic rings. The van der Waals surface area contributed by atoms with Gasteiger partial charge in [0.05, 0.1) is 0 Å². The fourth-order valence-electron chi connectivity index (χ4n) is 1.42. The maximum Gasteiger partial charge on any atom is 0.0482 e. The third kappa shape index (κ3) is 2.31. The minimum Gasteiger partial charge on any atom is -0.162 e. The van der Waals surface area contributed by atoms with Crippen molar-refractivity contribution in [2.75, 3.05) is 11.5 Å². The third-order valence-electron chi connectivity index (χ3n) is 2.39. The van der Waals surface area contributed by atoms with Crippen molar-refractivity contribution in [2.45, 2.75) is 38.0 Å². The summed E-state index contributed by atoms with van der Waals surface area (Å²) in [4.78, 5) is 0. The van der Waals surface area contributed by atoms with Crippen molar-refractivity contribution in [3.05, 3.63) is 0 Å². The van der Waals surface area contributed by atoms with Gasteiger partial charge in [0.2, 0.25) is 0 Å². The van der Waals surface area contributed by atoms with Gasteiger partial charge in [-0.2, -0.15) is 11.8 Å². The zero-order valence-electron chi connectivity index (χ0n) is 7.31. The molecular weight excluding hydrogens is 156 g/mol. The number of hydrogen-bond acceptors (Lipinski definition) is 1. The molecule has 0 aliphatic carbocycles. The molecule has 1 rings (SSSR count). The predicted molar refractivity (Wildman–Crippen MR) is 53.7 cm³/mol. The van der Waals surface area contributed by atoms with Gasteiger partial charge in [-0.15, -0.1) is 0 Å². The molecular formula is C8H18SSi. The van der Waals surface area contributed by atoms with Crippen LogP contribution in [0.2, 0.25) is 25.2 Å². The lowest BCUT2D eigenvalue weighted by Gasteiger charge is -2.31. The second-order valence-corrected chi connectivity index (χ2v) is 11.0. The van der Waals surface area contributed by atoms with Crippen molar-refractivity contribution in [1.29, 1.82) is 0 Å². The number of rotatable bonds is 1. The summed E-state index contributed by atoms with van der Waals surface area (Å²) in [7, 11) is -0.777. The Hall–Kier alpha value is 0.567. The maximum atomic E-state index is 2.50. The Kier molecular flexibility index (Phi) is 2.87. The van der Waals surface area contributed by atoms with Crippen LogP contribution in [0.1, 0.15) is 12.8 Å². The molecule has 0 saturated carbocycles. The van der Waals surface area contributed by atoms with E-state index in [0.717, 1.165) is 5.54 Å². The molecule has 0 N–H and O–H groups in total. The lowest BCUT2D eigenvalue weighted by Crippen LogP contribution is -2.31. The van der Waals surface area contributed by atoms with E-state index in [-0.39, 0.29) is 0 Å². The normalized spacial score (nSPS) is 28.5. The number of thioether (sulfide) groups is 1. The van der Waals surface area contributed by atoms with Crippen LogP contribution in [0.25, 0.3) is 0 Å². The van der Waals surface area contributed by atoms with Gasteiger partial charge in [-0.1, -0.05) is 26.1 Å². The van der Waals surface area contributed by atoms with Crippen LogP contribution in [0.4, 0.5) is 0 Å². The third-order valence-corrected chi connectivity index (χ3v) is 6.84. The first-order valence-corrected chi connectivity index (χ1v) is 8.91. The Bertz CT molecular complexity index is 100. The summed E-state index contributed by atoms with van der Waals surface area (Å²) < 4.78 is 0. The van der Waals surface area contributed by atoms with E-state index >= 15 is 0 Å². The lowest BCUT2D eigenvalue weighted by molar-refractivity contribution is 0.739. The van der Waals surface area contributed by atoms with Gasteiger partial charge in [0.25, 0.3) is 0 Å². The first kappa shape index (κ1) is 8.66. The van der Waals surface area contributed by atoms with Gasteiger partial charge in [-0.05, 0) is 23.5 Å². The number of hydrogen-bond donors (Lipinski definition) is 0. The molecule has 0 aromatic carbocycles. The highest BCUT2D eigenvalue weighted by Crippen LogP contribution is 2.34. The van der Waals surface area contributed by atoms with Crippen molar-refractivity contribution < 1.29 is 0 Å². The molecule has 1 atom stereocenters. The highest BCUT2D eigenvalue weighted by Gasteiger charge is 2.27. The van der Waals surface area contributed by atoms with Crippen LogP contribution < -0.4 is 0 Å². The first-order valence-electron chi connectivity index (χ1n) is 4.18. The summed E-state index contributed by atoms with van der Waals surface area (Å²) in [6.45, 7) is 7.51. The molecule has 0 radical (unpaired) electrons. The Labute approximate surface area is 69.8 Å². The molecule has 1 aliphatic heterocycles. The van der Waals surface area contributed by atoms with E-state index < -0.39 is 8.07 Å². The molecule has 1 unspecified atom stereocenters. The topological polar surface area (TPSA) is 0 Å². The van der Waals surface area contributed by atoms with E-state index in [2.05, 4.69) is 31.4 Å². The highest BCUT2D eigenvalue weighted by molar-refractivity contribution is 7.99. The smallest absolute Gasteiger partial charge is 0.0482 e. The Morgan fingerprint density at radius 1 is 1.30 bits per heavy atom. The largest absolute Gasteiger partial charge is 0.162 e. The van der Waals surface area contributed by atoms with Gasteiger partial charge in [0.15, 0.2) is 0 Å². The van der Waals surface area contributed by atoms with Crippen LogP contribution in [0.15, 0.2) is 0 Å². The standard InChI is InChI=1S/C8H18SSi/c1-10(2,3)8-5-4-6-9-7-8/h8H,4-7H2,1-3H3. The maximum absolute atomic E-state index is 2.50. The summed E-state index contributed by atoms with van der Waals surface area (Å²) >= 11 is 2.16. The molecule has 10 heavy (non-hydrogen) atoms. The van der Waals surface area contributed by atoms with Crippen LogP contribution in [-0.4, -0.2) is 19.6 Å². The summed E-state index contributed by atoms with van der Waals surface area (Å²) in [5, 5.41) is 0. The second kappa shape index (κ2) is 3.31. The SMILES string of the molecule is C[Si](C)(C)C1CCCSC1. The minimum atomic E-state index is -0.777. The van der Waals surface area contributed by atoms with Crippen molar-refractivity contribution in [3.63, 3.8) is 0 Å². The zero-order valence-corrected chi connectivity index (χ0v) is 9.13. The molecule has 0 aromatic rings. The van der Waals surface area contributed by atoms with E-state index in [0.29, 0.717) is 0 Å². The molecule has 0 bridgehead atoms. The first-order chi connectivity index (χ1) is 4.61. The van der Waals surface area contributed by atoms with Crippen molar-refractivity contribution in [1.82, 2.24) is 0 Å². The fraction of sp³-hybridized carbons (Fsp3) is 1.00. The van der Waals surface area contributed by atoms with E-state index in [1.807, 2.05) is 0 Å². The zero-order chi connectivity index (χ0) is 7.61. The van der Waals surface area contributed by atoms with Crippen LogP contribution >= 0.6 is 11.8 Å². The van der Waals surface area contributed by atoms with E-state index in [1.165, 1.54) is 24.3 Å². The molecule has 1 heterocycles. The average molecular weight is 174 g/mol. The van der Waals surface area contributed by atoms with Gasteiger partial charge < -0.3 is 0 Å². The Balaban J connectivity index is 2.39. The van der Waals surface area contributed by atoms with Gasteiger partial charge in [-0.25, -0.2) is 0 Å². The lowest BCUT2D eigenvalue weighted by atomic mass is 10.2. The van der Waals surface area contributed by atoms with E-state index in [1.54, 1.807) is 0 Å². The molecule has 60 valence electrons. The molecule has 0 amide bonds. The van der Waals surface area contributed by atoms with Crippen molar-refractivity contribution in [3.8, 4) is 0 Å². The quantitative estimate of drug-likeness (QED) is 0.550. The van der Waals surface area contributed by atoms with Crippen molar-refractivity contribution >= 4 is 19.8 Å². The highest BCUT2D eigenvalue weighted by atomic mass is 32.2. The van der Waals surface area contributed by atoms with Crippen molar-refractivity contribution in [2.24, 2.45) is 0 Å². The Morgan fingerprint density at radius 3 is 2.30 bits per heavy atom. The minimum absolute atomic E-state index is 0.777. The van der Waals surface area contributed by atoms with E-state index in [4.69, 9.17) is 0 Å². The van der Waals surface area contributed by atoms with Gasteiger partial charge in [0.1, 0.15) is 0 Å². The molecule has 1 saturated heterocycles. The second-order valence-electron chi connectivity index (χ2n) is 4.28. The van der Waals surface area contributed by atoms with E-state index in [9.17, 15) is 0 Å². The summed E-state index contributed by atoms with van der Waals surface area (Å²) in [5.74, 6) is 2.87. The van der Waals surface area contributed by atoms with Crippen LogP contribution in [-0.2, 0) is 0 Å². The average Bonchev–Trinajstić information content (AvgIpc) is 1.88. The summed E-state index contributed by atoms with van der Waals surface area (Å²) in [5.41, 5.74) is 1.10. The van der Waals surface area contributed by atoms with Crippen LogP contribution in [0.5, 0.6) is 0 Å². The van der Waals surface area contributed by atoms with Gasteiger partial charge >= 0.3 is 0 Å². The summed E-state index contributed by atoms with van der Waals surface area (Å²) in [6, 6.07) is 0. The molecule has 0 aromatic heterocycles. The molecule has 1 fully saturated rings. The molecule has 0 nitrogen and oxygen atoms in total. The molecule has 2 heteroatoms. The van der Waals surface area contributed by atoms with Crippen LogP contribution in [0, 0.1) is 0 Å². The van der Waals surface area contributed by atoms with Crippen LogP contribution in [0.3, 0.4) is 0 Å². The molecule has 0 spiro atoms. The summed E-state index contributed by atoms with van der Waals surface area (Å²) in [6.07, 6.45) is 2.99. The van der Waals surface area contributed by atoms with Gasteiger partial charge in [-0.3, -0.25) is 0 Å². The Morgan fingerprint density at radius 2 is 2.00 bits per heavy atom.